The molecule has 0 saturated heterocycles. The second kappa shape index (κ2) is 4.32. The van der Waals surface area contributed by atoms with Crippen LogP contribution in [0.15, 0.2) is 23.6 Å². The van der Waals surface area contributed by atoms with E-state index in [1.54, 1.807) is 18.6 Å². The number of rotatable bonds is 0. The van der Waals surface area contributed by atoms with Crippen LogP contribution in [0.3, 0.4) is 0 Å². The van der Waals surface area contributed by atoms with Gasteiger partial charge in [0.15, 0.2) is 0 Å². The number of nitrogens with zero attached hydrogens (tertiary/aromatic N) is 2. The van der Waals surface area contributed by atoms with Crippen LogP contribution in [0.2, 0.25) is 0 Å². The van der Waals surface area contributed by atoms with Gasteiger partial charge in [-0.15, -0.1) is 12.6 Å². The molecule has 0 aromatic carbocycles. The monoisotopic (exact) mass is 136 g/mol. The summed E-state index contributed by atoms with van der Waals surface area (Å²) in [5, 5.41) is 0.655. The van der Waals surface area contributed by atoms with Crippen LogP contribution in [-0.2, 0) is 0 Å². The van der Waals surface area contributed by atoms with Gasteiger partial charge < -0.3 is 0 Å². The van der Waals surface area contributed by atoms with E-state index in [-0.39, 0.29) is 29.6 Å². The predicted octanol–water partition coefficient (Wildman–Crippen LogP) is 0.117. The van der Waals surface area contributed by atoms with E-state index in [0.29, 0.717) is 5.03 Å². The summed E-state index contributed by atoms with van der Waals surface area (Å²) >= 11 is 3.91. The number of thiol groups is 1. The fourth-order valence-electron chi connectivity index (χ4n) is 0.291. The van der Waals surface area contributed by atoms with Gasteiger partial charge in [-0.3, -0.25) is 4.98 Å². The van der Waals surface area contributed by atoms with Crippen molar-refractivity contribution in [2.75, 3.05) is 0 Å². The summed E-state index contributed by atoms with van der Waals surface area (Å²) in [7, 11) is 0. The normalized spacial score (nSPS) is 7.62. The SMILES string of the molecule is Sc1cnccn1.[NaH]. The second-order valence-electron chi connectivity index (χ2n) is 1.06. The van der Waals surface area contributed by atoms with E-state index in [4.69, 9.17) is 0 Å². The summed E-state index contributed by atoms with van der Waals surface area (Å²) in [5.41, 5.74) is 0. The van der Waals surface area contributed by atoms with Gasteiger partial charge in [-0.25, -0.2) is 4.98 Å². The Morgan fingerprint density at radius 1 is 1.38 bits per heavy atom. The zero-order valence-corrected chi connectivity index (χ0v) is 4.47. The molecule has 0 bridgehead atoms. The molecule has 2 nitrogen and oxygen atoms in total. The Kier molecular flexibility index (Phi) is 4.56. The molecule has 0 amide bonds. The third-order valence-corrected chi connectivity index (χ3v) is 0.780. The zero-order valence-electron chi connectivity index (χ0n) is 3.57. The average Bonchev–Trinajstić information content (AvgIpc) is 1.69. The minimum absolute atomic E-state index is 0. The van der Waals surface area contributed by atoms with Crippen LogP contribution in [0.1, 0.15) is 0 Å². The summed E-state index contributed by atoms with van der Waals surface area (Å²) in [6.07, 6.45) is 4.80. The summed E-state index contributed by atoms with van der Waals surface area (Å²) in [4.78, 5) is 7.53. The Bertz CT molecular complexity index is 144. The Hall–Kier alpha value is 0.430. The first-order chi connectivity index (χ1) is 3.39. The molecule has 0 radical (unpaired) electrons. The van der Waals surface area contributed by atoms with E-state index in [1.165, 1.54) is 0 Å². The van der Waals surface area contributed by atoms with Gasteiger partial charge in [0.05, 0.1) is 6.20 Å². The van der Waals surface area contributed by atoms with Crippen LogP contribution < -0.4 is 0 Å². The minimum atomic E-state index is 0. The standard InChI is InChI=1S/C4H4N2S.Na.H/c7-4-3-5-1-2-6-4;;/h1-3H,(H,6,7);;. The van der Waals surface area contributed by atoms with Gasteiger partial charge >= 0.3 is 29.6 Å². The molecule has 1 aromatic rings. The van der Waals surface area contributed by atoms with E-state index < -0.39 is 0 Å². The van der Waals surface area contributed by atoms with Crippen LogP contribution >= 0.6 is 12.6 Å². The summed E-state index contributed by atoms with van der Waals surface area (Å²) in [6.45, 7) is 0. The van der Waals surface area contributed by atoms with Crippen molar-refractivity contribution in [1.29, 1.82) is 0 Å². The molecule has 0 atom stereocenters. The molecule has 0 saturated carbocycles. The van der Waals surface area contributed by atoms with Gasteiger partial charge in [0.1, 0.15) is 5.03 Å². The molecule has 0 spiro atoms. The van der Waals surface area contributed by atoms with Crippen molar-refractivity contribution in [3.8, 4) is 0 Å². The van der Waals surface area contributed by atoms with Gasteiger partial charge in [0.2, 0.25) is 0 Å². The molecule has 4 heteroatoms. The fraction of sp³-hybridized carbons (Fsp3) is 0. The van der Waals surface area contributed by atoms with Crippen LogP contribution in [0.5, 0.6) is 0 Å². The average molecular weight is 136 g/mol. The van der Waals surface area contributed by atoms with Crippen molar-refractivity contribution in [3.63, 3.8) is 0 Å². The molecule has 0 unspecified atom stereocenters. The zero-order chi connectivity index (χ0) is 5.11. The predicted molar refractivity (Wildman–Crippen MR) is 36.4 cm³/mol. The second-order valence-corrected chi connectivity index (χ2v) is 1.52. The Morgan fingerprint density at radius 2 is 2.12 bits per heavy atom. The van der Waals surface area contributed by atoms with E-state index >= 15 is 0 Å². The van der Waals surface area contributed by atoms with Crippen LogP contribution in [0, 0.1) is 0 Å². The van der Waals surface area contributed by atoms with Crippen molar-refractivity contribution >= 4 is 42.2 Å². The van der Waals surface area contributed by atoms with Gasteiger partial charge in [-0.05, 0) is 0 Å². The summed E-state index contributed by atoms with van der Waals surface area (Å²) in [5.74, 6) is 0. The van der Waals surface area contributed by atoms with Gasteiger partial charge in [0.25, 0.3) is 0 Å². The molecule has 0 aliphatic rings. The first-order valence-corrected chi connectivity index (χ1v) is 2.29. The molecule has 0 aliphatic carbocycles. The maximum absolute atomic E-state index is 3.91. The third-order valence-electron chi connectivity index (χ3n) is 0.550. The molecule has 0 N–H and O–H groups in total. The molecular weight excluding hydrogens is 131 g/mol. The molecule has 1 heterocycles. The Morgan fingerprint density at radius 3 is 2.38 bits per heavy atom. The van der Waals surface area contributed by atoms with E-state index in [9.17, 15) is 0 Å². The first-order valence-electron chi connectivity index (χ1n) is 1.84. The number of hydrogen-bond acceptors (Lipinski definition) is 3. The summed E-state index contributed by atoms with van der Waals surface area (Å²) in [6, 6.07) is 0. The van der Waals surface area contributed by atoms with Crippen LogP contribution in [0.4, 0.5) is 0 Å². The molecule has 0 aliphatic heterocycles. The van der Waals surface area contributed by atoms with Gasteiger partial charge in [-0.2, -0.15) is 0 Å². The van der Waals surface area contributed by atoms with Crippen molar-refractivity contribution in [2.45, 2.75) is 5.03 Å². The molecule has 0 fully saturated rings. The quantitative estimate of drug-likeness (QED) is 0.405. The van der Waals surface area contributed by atoms with Crippen molar-refractivity contribution in [1.82, 2.24) is 9.97 Å². The van der Waals surface area contributed by atoms with E-state index in [2.05, 4.69) is 22.6 Å². The van der Waals surface area contributed by atoms with E-state index in [0.717, 1.165) is 0 Å². The number of hydrogen-bond donors (Lipinski definition) is 1. The van der Waals surface area contributed by atoms with Crippen molar-refractivity contribution in [3.05, 3.63) is 18.6 Å². The fourth-order valence-corrected chi connectivity index (χ4v) is 0.425. The van der Waals surface area contributed by atoms with E-state index in [1.807, 2.05) is 0 Å². The Labute approximate surface area is 75.4 Å². The molecule has 38 valence electrons. The van der Waals surface area contributed by atoms with Crippen molar-refractivity contribution < 1.29 is 0 Å². The van der Waals surface area contributed by atoms with Crippen LogP contribution in [-0.4, -0.2) is 39.5 Å². The third kappa shape index (κ3) is 2.67. The van der Waals surface area contributed by atoms with Gasteiger partial charge in [0, 0.05) is 12.4 Å². The molecular formula is C4H5N2NaS. The summed E-state index contributed by atoms with van der Waals surface area (Å²) < 4.78 is 0. The van der Waals surface area contributed by atoms with Gasteiger partial charge in [-0.1, -0.05) is 0 Å². The van der Waals surface area contributed by atoms with Crippen molar-refractivity contribution in [2.24, 2.45) is 0 Å². The number of aromatic nitrogens is 2. The molecule has 1 rings (SSSR count). The molecule has 8 heavy (non-hydrogen) atoms. The molecule has 1 aromatic heterocycles. The Balaban J connectivity index is 0.000000490. The maximum atomic E-state index is 3.91. The first kappa shape index (κ1) is 8.43. The topological polar surface area (TPSA) is 25.8 Å². The van der Waals surface area contributed by atoms with Crippen LogP contribution in [0.25, 0.3) is 0 Å².